The molecule has 2 saturated carbocycles. The van der Waals surface area contributed by atoms with E-state index in [0.29, 0.717) is 69.4 Å². The van der Waals surface area contributed by atoms with Crippen LogP contribution in [0, 0.1) is 48.3 Å². The number of amides is 1. The number of rotatable bonds is 7. The van der Waals surface area contributed by atoms with Crippen LogP contribution < -0.4 is 17.2 Å². The summed E-state index contributed by atoms with van der Waals surface area (Å²) in [5, 5.41) is 22.2. The second-order valence-electron chi connectivity index (χ2n) is 16.0. The minimum atomic E-state index is -0.610. The lowest BCUT2D eigenvalue weighted by Gasteiger charge is -2.36. The van der Waals surface area contributed by atoms with Crippen LogP contribution in [0.5, 0.6) is 0 Å². The van der Waals surface area contributed by atoms with Gasteiger partial charge in [0.15, 0.2) is 0 Å². The Morgan fingerprint density at radius 2 is 1.39 bits per heavy atom. The number of carbonyl (C=O) groups excluding carboxylic acids is 2. The number of hydrogen-bond donors (Lipinski definition) is 3. The number of nitrogen functional groups attached to an aromatic ring is 2. The van der Waals surface area contributed by atoms with Gasteiger partial charge in [0.05, 0.1) is 69.6 Å². The van der Waals surface area contributed by atoms with Gasteiger partial charge in [-0.05, 0) is 87.8 Å². The highest BCUT2D eigenvalue weighted by molar-refractivity contribution is 6.36. The van der Waals surface area contributed by atoms with Crippen molar-refractivity contribution in [2.75, 3.05) is 18.6 Å². The first-order chi connectivity index (χ1) is 28.3. The van der Waals surface area contributed by atoms with Crippen molar-refractivity contribution in [3.05, 3.63) is 93.2 Å². The summed E-state index contributed by atoms with van der Waals surface area (Å²) in [4.78, 5) is 35.2. The summed E-state index contributed by atoms with van der Waals surface area (Å²) in [6.07, 6.45) is 13.7. The van der Waals surface area contributed by atoms with E-state index in [1.807, 2.05) is 50.5 Å². The third kappa shape index (κ3) is 6.80. The fraction of sp³-hybridized carbons (Fsp3) is 0.333. The average molecular weight is 829 g/mol. The zero-order chi connectivity index (χ0) is 41.9. The van der Waals surface area contributed by atoms with Gasteiger partial charge in [-0.25, -0.2) is 0 Å². The second-order valence-corrected chi connectivity index (χ2v) is 16.7. The Labute approximate surface area is 351 Å². The second kappa shape index (κ2) is 15.6. The molecule has 300 valence electrons. The van der Waals surface area contributed by atoms with Crippen LogP contribution in [0.25, 0.3) is 44.1 Å². The van der Waals surface area contributed by atoms with Crippen molar-refractivity contribution in [3.8, 4) is 34.4 Å². The van der Waals surface area contributed by atoms with Gasteiger partial charge in [-0.3, -0.25) is 19.6 Å². The van der Waals surface area contributed by atoms with Crippen molar-refractivity contribution in [3.63, 3.8) is 0 Å². The maximum Gasteiger partial charge on any atom is 0.309 e. The topological polar surface area (TPSA) is 205 Å². The van der Waals surface area contributed by atoms with Crippen LogP contribution in [0.4, 0.5) is 11.4 Å². The third-order valence-electron chi connectivity index (χ3n) is 12.7. The number of ether oxygens (including phenoxy) is 1. The standard InChI is InChI=1S/C45H43Cl2N9O3/c1-22-9-38-31(13-26(22)16-49)36(21-55(38)27-6-4-5-24(11-27)44(52)57)34-18-54-43(42(51)41(34)47)29-8-7-28(14-32(29)45(58)59-3)56-20-35(33-17-53-19-37(50)40(33)46)30-12-25(15-48)23(2)10-39(30)56/h9-10,12-13,17-21,24,27-29,32H,4-8,11,14,50-51H2,1-3H3,(H2,52,57). The predicted octanol–water partition coefficient (Wildman–Crippen LogP) is 9.07. The molecule has 0 saturated heterocycles. The Morgan fingerprint density at radius 1 is 0.797 bits per heavy atom. The number of methoxy groups -OCH3 is 1. The van der Waals surface area contributed by atoms with Gasteiger partial charge < -0.3 is 31.1 Å². The zero-order valence-electron chi connectivity index (χ0n) is 32.9. The Hall–Kier alpha value is -6.08. The number of aryl methyl sites for hydroxylation is 2. The number of nitrogens with two attached hydrogens (primary N) is 3. The number of anilines is 2. The molecule has 5 unspecified atom stereocenters. The third-order valence-corrected chi connectivity index (χ3v) is 13.5. The first kappa shape index (κ1) is 39.7. The summed E-state index contributed by atoms with van der Waals surface area (Å²) in [6, 6.07) is 12.2. The molecule has 4 aromatic heterocycles. The van der Waals surface area contributed by atoms with Crippen molar-refractivity contribution >= 4 is 68.3 Å². The maximum absolute atomic E-state index is 13.7. The summed E-state index contributed by atoms with van der Waals surface area (Å²) in [5.41, 5.74) is 27.3. The van der Waals surface area contributed by atoms with E-state index in [-0.39, 0.29) is 35.6 Å². The number of carbonyl (C=O) groups is 2. The van der Waals surface area contributed by atoms with Crippen LogP contribution >= 0.6 is 23.2 Å². The average Bonchev–Trinajstić information content (AvgIpc) is 3.79. The van der Waals surface area contributed by atoms with Gasteiger partial charge in [0.25, 0.3) is 0 Å². The van der Waals surface area contributed by atoms with Gasteiger partial charge in [-0.2, -0.15) is 10.5 Å². The number of esters is 1. The first-order valence-electron chi connectivity index (χ1n) is 19.7. The van der Waals surface area contributed by atoms with E-state index in [1.165, 1.54) is 13.3 Å². The lowest BCUT2D eigenvalue weighted by molar-refractivity contribution is -0.147. The van der Waals surface area contributed by atoms with Crippen molar-refractivity contribution < 1.29 is 14.3 Å². The lowest BCUT2D eigenvalue weighted by Crippen LogP contribution is -2.32. The lowest BCUT2D eigenvalue weighted by atomic mass is 9.74. The van der Waals surface area contributed by atoms with Crippen LogP contribution in [0.2, 0.25) is 10.0 Å². The molecule has 5 atom stereocenters. The van der Waals surface area contributed by atoms with Crippen molar-refractivity contribution in [1.82, 2.24) is 19.1 Å². The summed E-state index contributed by atoms with van der Waals surface area (Å²) in [6.45, 7) is 3.81. The fourth-order valence-electron chi connectivity index (χ4n) is 9.54. The van der Waals surface area contributed by atoms with Crippen LogP contribution in [0.15, 0.2) is 55.2 Å². The molecule has 0 aliphatic heterocycles. The Morgan fingerprint density at radius 3 is 1.97 bits per heavy atom. The minimum absolute atomic E-state index is 0.0227. The molecule has 4 heterocycles. The summed E-state index contributed by atoms with van der Waals surface area (Å²) < 4.78 is 9.74. The molecule has 0 bridgehead atoms. The van der Waals surface area contributed by atoms with Crippen LogP contribution in [-0.4, -0.2) is 38.1 Å². The number of benzene rings is 2. The first-order valence-corrected chi connectivity index (χ1v) is 20.4. The molecular formula is C45H43Cl2N9O3. The van der Waals surface area contributed by atoms with E-state index >= 15 is 0 Å². The number of hydrogen-bond acceptors (Lipinski definition) is 9. The van der Waals surface area contributed by atoms with Gasteiger partial charge in [0.1, 0.15) is 0 Å². The number of nitrogens with zero attached hydrogens (tertiary/aromatic N) is 6. The number of nitriles is 2. The normalized spacial score (nSPS) is 20.6. The Balaban J connectivity index is 1.18. The quantitative estimate of drug-likeness (QED) is 0.131. The maximum atomic E-state index is 13.7. The van der Waals surface area contributed by atoms with Crippen LogP contribution in [0.3, 0.4) is 0 Å². The number of fused-ring (bicyclic) bond motifs is 2. The van der Waals surface area contributed by atoms with E-state index in [4.69, 9.17) is 50.1 Å². The van der Waals surface area contributed by atoms with E-state index in [0.717, 1.165) is 63.3 Å². The minimum Gasteiger partial charge on any atom is -0.469 e. The molecule has 14 heteroatoms. The molecule has 2 aliphatic rings. The molecule has 8 rings (SSSR count). The largest absolute Gasteiger partial charge is 0.469 e. The van der Waals surface area contributed by atoms with E-state index < -0.39 is 11.8 Å². The van der Waals surface area contributed by atoms with Gasteiger partial charge in [0.2, 0.25) is 5.91 Å². The molecule has 6 aromatic rings. The summed E-state index contributed by atoms with van der Waals surface area (Å²) >= 11 is 13.9. The molecule has 2 fully saturated rings. The van der Waals surface area contributed by atoms with Gasteiger partial charge in [-0.1, -0.05) is 29.6 Å². The van der Waals surface area contributed by atoms with Crippen molar-refractivity contribution in [2.45, 2.75) is 76.8 Å². The summed E-state index contributed by atoms with van der Waals surface area (Å²) in [5.74, 6) is -1.90. The monoisotopic (exact) mass is 827 g/mol. The van der Waals surface area contributed by atoms with Gasteiger partial charge in [0, 0.05) is 92.8 Å². The molecule has 0 radical (unpaired) electrons. The molecule has 0 spiro atoms. The number of aromatic nitrogens is 4. The molecule has 6 N–H and O–H groups in total. The molecule has 12 nitrogen and oxygen atoms in total. The van der Waals surface area contributed by atoms with Crippen LogP contribution in [0.1, 0.15) is 90.9 Å². The smallest absolute Gasteiger partial charge is 0.309 e. The molecule has 59 heavy (non-hydrogen) atoms. The highest BCUT2D eigenvalue weighted by Gasteiger charge is 2.40. The van der Waals surface area contributed by atoms with E-state index in [1.54, 1.807) is 12.4 Å². The SMILES string of the molecule is COC(=O)C1CC(n2cc(-c3cncc(N)c3Cl)c3cc(C#N)c(C)cc32)CCC1c1ncc(-c2cn(C3CCCC(C(N)=O)C3)c3cc(C)c(C#N)cc23)c(Cl)c1N. The van der Waals surface area contributed by atoms with E-state index in [2.05, 4.69) is 26.3 Å². The highest BCUT2D eigenvalue weighted by Crippen LogP contribution is 2.49. The van der Waals surface area contributed by atoms with Gasteiger partial charge >= 0.3 is 5.97 Å². The number of primary amides is 1. The molecule has 2 aromatic carbocycles. The molecular weight excluding hydrogens is 785 g/mol. The summed E-state index contributed by atoms with van der Waals surface area (Å²) in [7, 11) is 1.38. The van der Waals surface area contributed by atoms with Crippen molar-refractivity contribution in [1.29, 1.82) is 10.5 Å². The van der Waals surface area contributed by atoms with Crippen LogP contribution in [-0.2, 0) is 14.3 Å². The highest BCUT2D eigenvalue weighted by atomic mass is 35.5. The van der Waals surface area contributed by atoms with Gasteiger partial charge in [-0.15, -0.1) is 0 Å². The molecule has 2 aliphatic carbocycles. The van der Waals surface area contributed by atoms with Crippen molar-refractivity contribution in [2.24, 2.45) is 17.6 Å². The Kier molecular flexibility index (Phi) is 10.5. The molecule has 1 amide bonds. The van der Waals surface area contributed by atoms with E-state index in [9.17, 15) is 20.1 Å². The number of pyridine rings is 2. The Bertz CT molecular complexity index is 2800. The predicted molar refractivity (Wildman–Crippen MR) is 229 cm³/mol. The fourth-order valence-corrected chi connectivity index (χ4v) is 9.99. The zero-order valence-corrected chi connectivity index (χ0v) is 34.4. The number of halogens is 2.